The number of hydrogen-bond acceptors (Lipinski definition) is 5. The van der Waals surface area contributed by atoms with Crippen molar-refractivity contribution in [1.82, 2.24) is 4.98 Å². The van der Waals surface area contributed by atoms with E-state index in [1.807, 2.05) is 12.1 Å². The maximum atomic E-state index is 15.4. The lowest BCUT2D eigenvalue weighted by Crippen LogP contribution is -2.54. The van der Waals surface area contributed by atoms with Gasteiger partial charge < -0.3 is 18.9 Å². The van der Waals surface area contributed by atoms with Crippen LogP contribution in [0.4, 0.5) is 8.78 Å². The van der Waals surface area contributed by atoms with Gasteiger partial charge in [0, 0.05) is 35.5 Å². The summed E-state index contributed by atoms with van der Waals surface area (Å²) in [7, 11) is 0. The SMILES string of the molecule is FC(O[C@H]1CCCCO1)C1(C(F)O[C@H]2CCCCO2)CC(c2ccc(Br)cn2)C1. The number of nitrogens with zero attached hydrogens (tertiary/aromatic N) is 1. The normalized spacial score (nSPS) is 34.9. The van der Waals surface area contributed by atoms with E-state index in [2.05, 4.69) is 20.9 Å². The Morgan fingerprint density at radius 2 is 1.55 bits per heavy atom. The van der Waals surface area contributed by atoms with Crippen LogP contribution in [0.2, 0.25) is 0 Å². The molecule has 3 aliphatic rings. The number of halogens is 3. The minimum atomic E-state index is -1.81. The van der Waals surface area contributed by atoms with Crippen LogP contribution in [0.15, 0.2) is 22.8 Å². The van der Waals surface area contributed by atoms with E-state index in [1.165, 1.54) is 0 Å². The summed E-state index contributed by atoms with van der Waals surface area (Å²) in [6.45, 7) is 1.09. The Labute approximate surface area is 178 Å². The van der Waals surface area contributed by atoms with Crippen molar-refractivity contribution in [3.05, 3.63) is 28.5 Å². The fourth-order valence-electron chi connectivity index (χ4n) is 4.34. The third-order valence-corrected chi connectivity index (χ3v) is 6.61. The predicted octanol–water partition coefficient (Wildman–Crippen LogP) is 5.39. The van der Waals surface area contributed by atoms with Crippen LogP contribution in [0.25, 0.3) is 0 Å². The lowest BCUT2D eigenvalue weighted by Gasteiger charge is -2.51. The van der Waals surface area contributed by atoms with Gasteiger partial charge in [0.25, 0.3) is 0 Å². The number of hydrogen-bond donors (Lipinski definition) is 0. The highest BCUT2D eigenvalue weighted by Gasteiger charge is 2.59. The van der Waals surface area contributed by atoms with E-state index >= 15 is 8.78 Å². The van der Waals surface area contributed by atoms with E-state index in [1.54, 1.807) is 6.20 Å². The molecule has 1 aromatic rings. The standard InChI is InChI=1S/C21H28BrF2NO4/c22-15-7-8-16(25-13-15)14-11-21(12-14,19(23)28-17-5-1-3-9-26-17)20(24)29-18-6-2-4-10-27-18/h7-8,13-14,17-20H,1-6,9-12H2/t14?,17-,18-,19?,20?,21?/m0/s1. The molecule has 29 heavy (non-hydrogen) atoms. The average Bonchev–Trinajstić information content (AvgIpc) is 2.70. The van der Waals surface area contributed by atoms with Gasteiger partial charge in [0.2, 0.25) is 12.7 Å². The molecule has 2 unspecified atom stereocenters. The fraction of sp³-hybridized carbons (Fsp3) is 0.762. The summed E-state index contributed by atoms with van der Waals surface area (Å²) in [5.41, 5.74) is -0.549. The maximum absolute atomic E-state index is 15.4. The molecule has 1 aliphatic carbocycles. The minimum Gasteiger partial charge on any atom is -0.353 e. The summed E-state index contributed by atoms with van der Waals surface area (Å²) in [6, 6.07) is 3.77. The molecule has 2 saturated heterocycles. The van der Waals surface area contributed by atoms with Crippen LogP contribution in [0, 0.1) is 5.41 Å². The molecular weight excluding hydrogens is 448 g/mol. The molecule has 5 nitrogen and oxygen atoms in total. The van der Waals surface area contributed by atoms with Gasteiger partial charge in [0.1, 0.15) is 0 Å². The van der Waals surface area contributed by atoms with Gasteiger partial charge in [0.05, 0.1) is 5.41 Å². The smallest absolute Gasteiger partial charge is 0.212 e. The lowest BCUT2D eigenvalue weighted by atomic mass is 9.60. The summed E-state index contributed by atoms with van der Waals surface area (Å²) in [5.74, 6) is -0.0358. The van der Waals surface area contributed by atoms with Crippen LogP contribution >= 0.6 is 15.9 Å². The second-order valence-corrected chi connectivity index (χ2v) is 9.15. The fourth-order valence-corrected chi connectivity index (χ4v) is 4.58. The molecule has 3 heterocycles. The van der Waals surface area contributed by atoms with E-state index < -0.39 is 30.7 Å². The van der Waals surface area contributed by atoms with E-state index in [0.717, 1.165) is 35.8 Å². The summed E-state index contributed by atoms with van der Waals surface area (Å²) < 4.78 is 53.6. The summed E-state index contributed by atoms with van der Waals surface area (Å²) in [4.78, 5) is 4.39. The van der Waals surface area contributed by atoms with Crippen LogP contribution in [-0.2, 0) is 18.9 Å². The Morgan fingerprint density at radius 3 is 2.00 bits per heavy atom. The number of alkyl halides is 2. The quantitative estimate of drug-likeness (QED) is 0.529. The lowest BCUT2D eigenvalue weighted by molar-refractivity contribution is -0.326. The molecule has 0 radical (unpaired) electrons. The molecule has 162 valence electrons. The summed E-state index contributed by atoms with van der Waals surface area (Å²) in [5, 5.41) is 0. The van der Waals surface area contributed by atoms with Gasteiger partial charge in [-0.15, -0.1) is 0 Å². The van der Waals surface area contributed by atoms with Crippen LogP contribution in [0.1, 0.15) is 63.0 Å². The molecule has 8 heteroatoms. The van der Waals surface area contributed by atoms with Gasteiger partial charge in [-0.2, -0.15) is 0 Å². The van der Waals surface area contributed by atoms with Gasteiger partial charge in [-0.25, -0.2) is 8.78 Å². The van der Waals surface area contributed by atoms with E-state index in [-0.39, 0.29) is 18.8 Å². The molecule has 4 atom stereocenters. The van der Waals surface area contributed by atoms with Crippen molar-refractivity contribution >= 4 is 15.9 Å². The predicted molar refractivity (Wildman–Crippen MR) is 105 cm³/mol. The number of rotatable bonds is 7. The molecule has 0 bridgehead atoms. The Morgan fingerprint density at radius 1 is 0.966 bits per heavy atom. The second-order valence-electron chi connectivity index (χ2n) is 8.24. The first kappa shape index (κ1) is 21.6. The second kappa shape index (κ2) is 9.64. The van der Waals surface area contributed by atoms with E-state index in [9.17, 15) is 0 Å². The van der Waals surface area contributed by atoms with Crippen molar-refractivity contribution in [1.29, 1.82) is 0 Å². The maximum Gasteiger partial charge on any atom is 0.212 e. The molecule has 0 amide bonds. The van der Waals surface area contributed by atoms with Crippen molar-refractivity contribution in [3.63, 3.8) is 0 Å². The zero-order valence-electron chi connectivity index (χ0n) is 16.4. The highest BCUT2D eigenvalue weighted by Crippen LogP contribution is 2.57. The minimum absolute atomic E-state index is 0.0358. The van der Waals surface area contributed by atoms with Gasteiger partial charge >= 0.3 is 0 Å². The Hall–Kier alpha value is -0.670. The number of pyridine rings is 1. The first-order valence-corrected chi connectivity index (χ1v) is 11.3. The zero-order valence-corrected chi connectivity index (χ0v) is 18.0. The molecule has 0 spiro atoms. The van der Waals surface area contributed by atoms with Gasteiger partial charge in [-0.1, -0.05) is 0 Å². The molecule has 0 aromatic carbocycles. The van der Waals surface area contributed by atoms with Crippen LogP contribution in [0.3, 0.4) is 0 Å². The van der Waals surface area contributed by atoms with Crippen molar-refractivity contribution < 1.29 is 27.7 Å². The highest BCUT2D eigenvalue weighted by molar-refractivity contribution is 9.10. The largest absolute Gasteiger partial charge is 0.353 e. The summed E-state index contributed by atoms with van der Waals surface area (Å²) in [6.07, 6.45) is 2.32. The van der Waals surface area contributed by atoms with Gasteiger partial charge in [-0.3, -0.25) is 4.98 Å². The first-order valence-electron chi connectivity index (χ1n) is 10.5. The van der Waals surface area contributed by atoms with E-state index in [4.69, 9.17) is 18.9 Å². The van der Waals surface area contributed by atoms with E-state index in [0.29, 0.717) is 26.1 Å². The zero-order chi connectivity index (χ0) is 20.3. The topological polar surface area (TPSA) is 49.8 Å². The number of ether oxygens (including phenoxy) is 4. The molecular formula is C21H28BrF2NO4. The summed E-state index contributed by atoms with van der Waals surface area (Å²) >= 11 is 3.36. The van der Waals surface area contributed by atoms with Crippen molar-refractivity contribution in [2.75, 3.05) is 13.2 Å². The molecule has 2 aliphatic heterocycles. The van der Waals surface area contributed by atoms with Crippen molar-refractivity contribution in [2.45, 2.75) is 82.6 Å². The Bertz CT molecular complexity index is 619. The molecule has 0 N–H and O–H groups in total. The molecule has 1 saturated carbocycles. The third kappa shape index (κ3) is 4.98. The Balaban J connectivity index is 1.45. The molecule has 3 fully saturated rings. The van der Waals surface area contributed by atoms with Crippen LogP contribution < -0.4 is 0 Å². The van der Waals surface area contributed by atoms with Crippen LogP contribution in [-0.4, -0.2) is 43.5 Å². The highest BCUT2D eigenvalue weighted by atomic mass is 79.9. The molecule has 1 aromatic heterocycles. The third-order valence-electron chi connectivity index (χ3n) is 6.14. The monoisotopic (exact) mass is 475 g/mol. The van der Waals surface area contributed by atoms with Crippen molar-refractivity contribution in [2.24, 2.45) is 5.41 Å². The first-order chi connectivity index (χ1) is 14.1. The van der Waals surface area contributed by atoms with Crippen LogP contribution in [0.5, 0.6) is 0 Å². The Kier molecular flexibility index (Phi) is 7.17. The van der Waals surface area contributed by atoms with Crippen molar-refractivity contribution in [3.8, 4) is 0 Å². The van der Waals surface area contributed by atoms with Gasteiger partial charge in [-0.05, 0) is 79.4 Å². The average molecular weight is 476 g/mol. The number of aromatic nitrogens is 1. The molecule has 4 rings (SSSR count). The van der Waals surface area contributed by atoms with Gasteiger partial charge in [0.15, 0.2) is 12.6 Å².